The zero-order valence-corrected chi connectivity index (χ0v) is 16.9. The summed E-state index contributed by atoms with van der Waals surface area (Å²) in [5.74, 6) is 0.319. The quantitative estimate of drug-likeness (QED) is 0.498. The summed E-state index contributed by atoms with van der Waals surface area (Å²) in [7, 11) is 0. The largest absolute Gasteiger partial charge is 0.349 e. The van der Waals surface area contributed by atoms with Crippen molar-refractivity contribution in [2.75, 3.05) is 11.1 Å². The molecule has 4 rings (SSSR count). The number of rotatable bonds is 7. The van der Waals surface area contributed by atoms with Crippen LogP contribution < -0.4 is 10.6 Å². The van der Waals surface area contributed by atoms with E-state index in [1.807, 2.05) is 12.1 Å². The van der Waals surface area contributed by atoms with E-state index in [1.165, 1.54) is 11.8 Å². The Morgan fingerprint density at radius 2 is 1.90 bits per heavy atom. The topological polar surface area (TPSA) is 99.8 Å². The molecule has 0 unspecified atom stereocenters. The van der Waals surface area contributed by atoms with Gasteiger partial charge in [-0.1, -0.05) is 35.5 Å². The third-order valence-electron chi connectivity index (χ3n) is 4.27. The summed E-state index contributed by atoms with van der Waals surface area (Å²) in [6, 6.07) is 14.5. The standard InChI is InChI=1S/C20H18ClN5O2S/c21-13-7-5-12(6-8-13)18-24-20(26-25-18)29-11-17(27)23-16-4-2-1-3-15(16)19(28)22-14-9-10-14/h1-8,14H,9-11H2,(H,22,28)(H,23,27)(H,24,25,26). The summed E-state index contributed by atoms with van der Waals surface area (Å²) in [5, 5.41) is 13.8. The van der Waals surface area contributed by atoms with Crippen molar-refractivity contribution < 1.29 is 9.59 Å². The summed E-state index contributed by atoms with van der Waals surface area (Å²) >= 11 is 7.10. The number of carbonyl (C=O) groups excluding carboxylic acids is 2. The molecule has 1 heterocycles. The van der Waals surface area contributed by atoms with E-state index in [4.69, 9.17) is 11.6 Å². The Kier molecular flexibility index (Phi) is 5.82. The first kappa shape index (κ1) is 19.5. The molecule has 7 nitrogen and oxygen atoms in total. The van der Waals surface area contributed by atoms with Crippen LogP contribution in [0.1, 0.15) is 23.2 Å². The number of halogens is 1. The second kappa shape index (κ2) is 8.67. The molecule has 2 amide bonds. The lowest BCUT2D eigenvalue weighted by atomic mass is 10.1. The number of carbonyl (C=O) groups is 2. The van der Waals surface area contributed by atoms with Gasteiger partial charge >= 0.3 is 0 Å². The molecular formula is C20H18ClN5O2S. The van der Waals surface area contributed by atoms with E-state index >= 15 is 0 Å². The predicted octanol–water partition coefficient (Wildman–Crippen LogP) is 3.75. The highest BCUT2D eigenvalue weighted by Gasteiger charge is 2.25. The summed E-state index contributed by atoms with van der Waals surface area (Å²) in [4.78, 5) is 29.1. The van der Waals surface area contributed by atoms with E-state index in [9.17, 15) is 9.59 Å². The minimum atomic E-state index is -0.237. The SMILES string of the molecule is O=C(CSc1n[nH]c(-c2ccc(Cl)cc2)n1)Nc1ccccc1C(=O)NC1CC1. The number of para-hydroxylation sites is 1. The lowest BCUT2D eigenvalue weighted by Gasteiger charge is -2.10. The van der Waals surface area contributed by atoms with Crippen LogP contribution in [0.2, 0.25) is 5.02 Å². The fourth-order valence-electron chi connectivity index (χ4n) is 2.65. The Morgan fingerprint density at radius 3 is 2.66 bits per heavy atom. The Balaban J connectivity index is 1.35. The molecule has 0 aliphatic heterocycles. The summed E-state index contributed by atoms with van der Waals surface area (Å²) in [5.41, 5.74) is 1.81. The van der Waals surface area contributed by atoms with Gasteiger partial charge in [-0.25, -0.2) is 4.98 Å². The Morgan fingerprint density at radius 1 is 1.14 bits per heavy atom. The number of hydrogen-bond donors (Lipinski definition) is 3. The fourth-order valence-corrected chi connectivity index (χ4v) is 3.37. The third kappa shape index (κ3) is 5.16. The average Bonchev–Trinajstić information content (AvgIpc) is 3.41. The Labute approximate surface area is 176 Å². The zero-order valence-electron chi connectivity index (χ0n) is 15.3. The van der Waals surface area contributed by atoms with Crippen molar-refractivity contribution in [1.82, 2.24) is 20.5 Å². The lowest BCUT2D eigenvalue weighted by Crippen LogP contribution is -2.27. The number of nitrogens with one attached hydrogen (secondary N) is 3. The number of hydrogen-bond acceptors (Lipinski definition) is 5. The predicted molar refractivity (Wildman–Crippen MR) is 113 cm³/mol. The number of H-pyrrole nitrogens is 1. The van der Waals surface area contributed by atoms with Crippen molar-refractivity contribution in [3.63, 3.8) is 0 Å². The molecule has 1 fully saturated rings. The van der Waals surface area contributed by atoms with Crippen molar-refractivity contribution in [1.29, 1.82) is 0 Å². The van der Waals surface area contributed by atoms with E-state index in [-0.39, 0.29) is 23.6 Å². The highest BCUT2D eigenvalue weighted by molar-refractivity contribution is 7.99. The molecule has 9 heteroatoms. The molecule has 29 heavy (non-hydrogen) atoms. The molecule has 1 aromatic heterocycles. The molecule has 3 N–H and O–H groups in total. The van der Waals surface area contributed by atoms with Crippen LogP contribution in [0.5, 0.6) is 0 Å². The highest BCUT2D eigenvalue weighted by Crippen LogP contribution is 2.23. The summed E-state index contributed by atoms with van der Waals surface area (Å²) < 4.78 is 0. The minimum Gasteiger partial charge on any atom is -0.349 e. The Bertz CT molecular complexity index is 1030. The molecule has 3 aromatic rings. The molecule has 0 saturated heterocycles. The number of aromatic nitrogens is 3. The van der Waals surface area contributed by atoms with Gasteiger partial charge in [-0.05, 0) is 49.2 Å². The van der Waals surface area contributed by atoms with Gasteiger partial charge in [0.15, 0.2) is 5.82 Å². The van der Waals surface area contributed by atoms with Crippen LogP contribution in [-0.2, 0) is 4.79 Å². The highest BCUT2D eigenvalue weighted by atomic mass is 35.5. The van der Waals surface area contributed by atoms with Crippen molar-refractivity contribution in [3.05, 3.63) is 59.1 Å². The van der Waals surface area contributed by atoms with Crippen molar-refractivity contribution in [3.8, 4) is 11.4 Å². The number of nitrogens with zero attached hydrogens (tertiary/aromatic N) is 2. The Hall–Kier alpha value is -2.84. The molecule has 148 valence electrons. The first-order valence-corrected chi connectivity index (χ1v) is 10.5. The van der Waals surface area contributed by atoms with Crippen molar-refractivity contribution in [2.24, 2.45) is 0 Å². The van der Waals surface area contributed by atoms with Gasteiger partial charge in [0.05, 0.1) is 17.0 Å². The minimum absolute atomic E-state index is 0.122. The molecule has 0 radical (unpaired) electrons. The van der Waals surface area contributed by atoms with E-state index < -0.39 is 0 Å². The molecule has 1 saturated carbocycles. The van der Waals surface area contributed by atoms with Gasteiger partial charge in [-0.15, -0.1) is 5.10 Å². The smallest absolute Gasteiger partial charge is 0.253 e. The average molecular weight is 428 g/mol. The first-order valence-electron chi connectivity index (χ1n) is 9.09. The number of aromatic amines is 1. The van der Waals surface area contributed by atoms with Gasteiger partial charge in [-0.2, -0.15) is 0 Å². The number of anilines is 1. The van der Waals surface area contributed by atoms with E-state index in [1.54, 1.807) is 36.4 Å². The molecule has 0 bridgehead atoms. The van der Waals surface area contributed by atoms with E-state index in [0.29, 0.717) is 27.3 Å². The second-order valence-corrected chi connectivity index (χ2v) is 7.98. The molecular weight excluding hydrogens is 410 g/mol. The van der Waals surface area contributed by atoms with Crippen LogP contribution in [-0.4, -0.2) is 38.8 Å². The summed E-state index contributed by atoms with van der Waals surface area (Å²) in [6.07, 6.45) is 2.01. The van der Waals surface area contributed by atoms with Gasteiger partial charge in [0, 0.05) is 16.6 Å². The normalized spacial score (nSPS) is 13.1. The first-order chi connectivity index (χ1) is 14.1. The van der Waals surface area contributed by atoms with Gasteiger partial charge in [0.25, 0.3) is 5.91 Å². The van der Waals surface area contributed by atoms with E-state index in [2.05, 4.69) is 25.8 Å². The number of thioether (sulfide) groups is 1. The molecule has 1 aliphatic carbocycles. The van der Waals surface area contributed by atoms with Crippen molar-refractivity contribution >= 4 is 40.9 Å². The third-order valence-corrected chi connectivity index (χ3v) is 5.37. The number of amides is 2. The maximum atomic E-state index is 12.4. The summed E-state index contributed by atoms with van der Waals surface area (Å²) in [6.45, 7) is 0. The van der Waals surface area contributed by atoms with Crippen LogP contribution in [0.15, 0.2) is 53.7 Å². The van der Waals surface area contributed by atoms with Gasteiger partial charge < -0.3 is 10.6 Å². The van der Waals surface area contributed by atoms with Crippen LogP contribution in [0.4, 0.5) is 5.69 Å². The van der Waals surface area contributed by atoms with Crippen LogP contribution in [0.25, 0.3) is 11.4 Å². The van der Waals surface area contributed by atoms with Crippen LogP contribution in [0, 0.1) is 0 Å². The molecule has 0 atom stereocenters. The maximum absolute atomic E-state index is 12.4. The van der Waals surface area contributed by atoms with Gasteiger partial charge in [-0.3, -0.25) is 14.7 Å². The van der Waals surface area contributed by atoms with Gasteiger partial charge in [0.2, 0.25) is 11.1 Å². The second-order valence-electron chi connectivity index (χ2n) is 6.60. The zero-order chi connectivity index (χ0) is 20.2. The monoisotopic (exact) mass is 427 g/mol. The lowest BCUT2D eigenvalue weighted by molar-refractivity contribution is -0.113. The maximum Gasteiger partial charge on any atom is 0.253 e. The van der Waals surface area contributed by atoms with Crippen LogP contribution >= 0.6 is 23.4 Å². The van der Waals surface area contributed by atoms with Gasteiger partial charge in [0.1, 0.15) is 0 Å². The van der Waals surface area contributed by atoms with Crippen molar-refractivity contribution in [2.45, 2.75) is 24.0 Å². The van der Waals surface area contributed by atoms with E-state index in [0.717, 1.165) is 18.4 Å². The molecule has 0 spiro atoms. The molecule has 2 aromatic carbocycles. The van der Waals surface area contributed by atoms with Crippen LogP contribution in [0.3, 0.4) is 0 Å². The molecule has 1 aliphatic rings. The number of benzene rings is 2. The fraction of sp³-hybridized carbons (Fsp3) is 0.200.